The zero-order valence-electron chi connectivity index (χ0n) is 49.5. The average molecular weight is 1160 g/mol. The predicted molar refractivity (Wildman–Crippen MR) is 309 cm³/mol. The molecule has 81 heavy (non-hydrogen) atoms. The van der Waals surface area contributed by atoms with Crippen LogP contribution in [0.25, 0.3) is 0 Å². The van der Waals surface area contributed by atoms with Gasteiger partial charge in [0.25, 0.3) is 0 Å². The molecule has 0 aromatic carbocycles. The minimum Gasteiger partial charge on any atom is -0.394 e. The van der Waals surface area contributed by atoms with E-state index in [4.69, 9.17) is 28.4 Å². The number of aliphatic hydroxyl groups is 11. The van der Waals surface area contributed by atoms with E-state index in [0.717, 1.165) is 57.8 Å². The van der Waals surface area contributed by atoms with Crippen molar-refractivity contribution in [2.45, 2.75) is 324 Å². The molecule has 0 aromatic heterocycles. The standard InChI is InChI=1S/C62H113NO18/c1-3-5-7-9-11-13-15-17-18-19-20-21-22-23-24-25-26-27-28-29-31-33-35-37-39-46(67)45(63-50(68)40-38-36-34-32-30-16-14-12-10-8-6-4-2)44-76-60-56(74)53(71)58(48(42-65)78-60)81-62-57(75)54(72)59(49(43-66)79-62)80-61-55(73)52(70)51(69)47(41-64)77-61/h12,14,29,31,37,39,45-49,51-62,64-67,69-75H,3-11,13,15-28,30,32-36,38,40-44H2,1-2H3,(H,63,68)/b14-12-,31-29+,39-37+. The van der Waals surface area contributed by atoms with E-state index in [1.165, 1.54) is 128 Å². The van der Waals surface area contributed by atoms with Gasteiger partial charge in [-0.2, -0.15) is 0 Å². The van der Waals surface area contributed by atoms with Crippen LogP contribution in [-0.2, 0) is 33.2 Å². The van der Waals surface area contributed by atoms with Gasteiger partial charge in [-0.15, -0.1) is 0 Å². The highest BCUT2D eigenvalue weighted by atomic mass is 16.8. The van der Waals surface area contributed by atoms with E-state index >= 15 is 0 Å². The Labute approximate surface area is 485 Å². The van der Waals surface area contributed by atoms with E-state index in [1.54, 1.807) is 6.08 Å². The van der Waals surface area contributed by atoms with Gasteiger partial charge in [0.2, 0.25) is 5.91 Å². The van der Waals surface area contributed by atoms with Crippen molar-refractivity contribution in [1.82, 2.24) is 5.32 Å². The first-order valence-corrected chi connectivity index (χ1v) is 31.7. The number of carbonyl (C=O) groups excluding carboxylic acids is 1. The first-order valence-electron chi connectivity index (χ1n) is 31.7. The van der Waals surface area contributed by atoms with Crippen LogP contribution in [0.1, 0.15) is 219 Å². The molecule has 0 aromatic rings. The van der Waals surface area contributed by atoms with Gasteiger partial charge in [-0.05, 0) is 57.8 Å². The van der Waals surface area contributed by atoms with Gasteiger partial charge in [0.05, 0.1) is 38.6 Å². The summed E-state index contributed by atoms with van der Waals surface area (Å²) in [5, 5.41) is 120. The lowest BCUT2D eigenvalue weighted by Gasteiger charge is -2.48. The Hall–Kier alpha value is -1.99. The van der Waals surface area contributed by atoms with Crippen molar-refractivity contribution in [2.24, 2.45) is 0 Å². The summed E-state index contributed by atoms with van der Waals surface area (Å²) in [6.07, 6.45) is 22.8. The largest absolute Gasteiger partial charge is 0.394 e. The number of unbranched alkanes of at least 4 members (excludes halogenated alkanes) is 27. The van der Waals surface area contributed by atoms with E-state index in [9.17, 15) is 61.0 Å². The summed E-state index contributed by atoms with van der Waals surface area (Å²) in [5.74, 6) is -0.296. The zero-order valence-corrected chi connectivity index (χ0v) is 49.5. The fraction of sp³-hybridized carbons (Fsp3) is 0.887. The molecule has 3 aliphatic rings. The highest BCUT2D eigenvalue weighted by Crippen LogP contribution is 2.33. The lowest BCUT2D eigenvalue weighted by Crippen LogP contribution is -2.66. The molecule has 1 amide bonds. The summed E-state index contributed by atoms with van der Waals surface area (Å²) >= 11 is 0. The van der Waals surface area contributed by atoms with Gasteiger partial charge in [0, 0.05) is 6.42 Å². The third-order valence-corrected chi connectivity index (χ3v) is 15.9. The molecule has 19 heteroatoms. The van der Waals surface area contributed by atoms with E-state index in [2.05, 4.69) is 43.5 Å². The van der Waals surface area contributed by atoms with Crippen LogP contribution in [0, 0.1) is 0 Å². The molecule has 3 saturated heterocycles. The third kappa shape index (κ3) is 28.8. The first-order chi connectivity index (χ1) is 39.3. The Kier molecular flexibility index (Phi) is 41.0. The topological polar surface area (TPSA) is 307 Å². The number of amides is 1. The van der Waals surface area contributed by atoms with Gasteiger partial charge >= 0.3 is 0 Å². The number of nitrogens with one attached hydrogen (secondary N) is 1. The number of aliphatic hydroxyl groups excluding tert-OH is 11. The first kappa shape index (κ1) is 73.3. The second kappa shape index (κ2) is 45.3. The highest BCUT2D eigenvalue weighted by Gasteiger charge is 2.53. The molecule has 17 unspecified atom stereocenters. The summed E-state index contributed by atoms with van der Waals surface area (Å²) in [6, 6.07) is -0.992. The Morgan fingerprint density at radius 2 is 0.790 bits per heavy atom. The van der Waals surface area contributed by atoms with E-state index in [-0.39, 0.29) is 18.9 Å². The van der Waals surface area contributed by atoms with Gasteiger partial charge in [-0.25, -0.2) is 0 Å². The van der Waals surface area contributed by atoms with Crippen molar-refractivity contribution in [1.29, 1.82) is 0 Å². The summed E-state index contributed by atoms with van der Waals surface area (Å²) in [5.41, 5.74) is 0. The normalized spacial score (nSPS) is 30.0. The van der Waals surface area contributed by atoms with Crippen LogP contribution < -0.4 is 5.32 Å². The molecule has 17 atom stereocenters. The number of allylic oxidation sites excluding steroid dienone is 5. The maximum absolute atomic E-state index is 13.3. The second-order valence-electron chi connectivity index (χ2n) is 22.9. The zero-order chi connectivity index (χ0) is 59.0. The molecule has 0 bridgehead atoms. The van der Waals surface area contributed by atoms with Crippen molar-refractivity contribution in [3.63, 3.8) is 0 Å². The van der Waals surface area contributed by atoms with Crippen molar-refractivity contribution in [2.75, 3.05) is 26.4 Å². The summed E-state index contributed by atoms with van der Waals surface area (Å²) < 4.78 is 34.2. The van der Waals surface area contributed by atoms with Crippen molar-refractivity contribution < 1.29 is 89.4 Å². The maximum Gasteiger partial charge on any atom is 0.220 e. The van der Waals surface area contributed by atoms with Crippen LogP contribution in [0.3, 0.4) is 0 Å². The fourth-order valence-corrected chi connectivity index (χ4v) is 10.7. The van der Waals surface area contributed by atoms with Crippen LogP contribution in [0.5, 0.6) is 0 Å². The van der Waals surface area contributed by atoms with Crippen LogP contribution in [-0.4, -0.2) is 193 Å². The molecule has 3 fully saturated rings. The van der Waals surface area contributed by atoms with Crippen LogP contribution in [0.4, 0.5) is 0 Å². The summed E-state index contributed by atoms with van der Waals surface area (Å²) in [7, 11) is 0. The Balaban J connectivity index is 1.47. The molecule has 3 aliphatic heterocycles. The summed E-state index contributed by atoms with van der Waals surface area (Å²) in [6.45, 7) is 1.67. The van der Waals surface area contributed by atoms with Crippen LogP contribution in [0.15, 0.2) is 36.5 Å². The molecule has 3 heterocycles. The molecule has 0 radical (unpaired) electrons. The van der Waals surface area contributed by atoms with E-state index in [1.807, 2.05) is 6.08 Å². The number of ether oxygens (including phenoxy) is 6. The lowest BCUT2D eigenvalue weighted by atomic mass is 9.96. The van der Waals surface area contributed by atoms with Gasteiger partial charge in [-0.3, -0.25) is 4.79 Å². The smallest absolute Gasteiger partial charge is 0.220 e. The molecule has 0 saturated carbocycles. The Morgan fingerprint density at radius 3 is 1.26 bits per heavy atom. The van der Waals surface area contributed by atoms with E-state index in [0.29, 0.717) is 12.8 Å². The van der Waals surface area contributed by atoms with Gasteiger partial charge in [0.15, 0.2) is 18.9 Å². The fourth-order valence-electron chi connectivity index (χ4n) is 10.7. The number of hydrogen-bond acceptors (Lipinski definition) is 18. The molecule has 0 aliphatic carbocycles. The maximum atomic E-state index is 13.3. The Morgan fingerprint density at radius 1 is 0.432 bits per heavy atom. The molecule has 0 spiro atoms. The van der Waals surface area contributed by atoms with Gasteiger partial charge in [-0.1, -0.05) is 192 Å². The number of carbonyl (C=O) groups is 1. The number of rotatable bonds is 47. The molecular formula is C62H113NO18. The third-order valence-electron chi connectivity index (χ3n) is 15.9. The molecule has 19 nitrogen and oxygen atoms in total. The predicted octanol–water partition coefficient (Wildman–Crippen LogP) is 6.49. The van der Waals surface area contributed by atoms with Crippen molar-refractivity contribution in [3.8, 4) is 0 Å². The molecule has 474 valence electrons. The second-order valence-corrected chi connectivity index (χ2v) is 22.9. The quantitative estimate of drug-likeness (QED) is 0.0229. The average Bonchev–Trinajstić information content (AvgIpc) is 3.46. The molecular weight excluding hydrogens is 1050 g/mol. The minimum absolute atomic E-state index is 0.225. The molecule has 12 N–H and O–H groups in total. The Bertz CT molecular complexity index is 1620. The van der Waals surface area contributed by atoms with Crippen molar-refractivity contribution in [3.05, 3.63) is 36.5 Å². The minimum atomic E-state index is -1.98. The van der Waals surface area contributed by atoms with E-state index < -0.39 is 124 Å². The van der Waals surface area contributed by atoms with Gasteiger partial charge in [0.1, 0.15) is 73.2 Å². The number of hydrogen-bond donors (Lipinski definition) is 12. The van der Waals surface area contributed by atoms with Crippen LogP contribution in [0.2, 0.25) is 0 Å². The van der Waals surface area contributed by atoms with Crippen molar-refractivity contribution >= 4 is 5.91 Å². The molecule has 3 rings (SSSR count). The highest BCUT2D eigenvalue weighted by molar-refractivity contribution is 5.76. The SMILES string of the molecule is CCCCC/C=C\CCCCCCCC(=O)NC(COC1OC(CO)C(OC2OC(CO)C(OC3OC(CO)C(O)C(O)C3O)C(O)C2O)C(O)C1O)C(O)/C=C/CC/C=C/CCCCCCCCCCCCCCCCCCCC. The van der Waals surface area contributed by atoms with Gasteiger partial charge < -0.3 is 89.9 Å². The summed E-state index contributed by atoms with van der Waals surface area (Å²) in [4.78, 5) is 13.3. The lowest BCUT2D eigenvalue weighted by molar-refractivity contribution is -0.379. The monoisotopic (exact) mass is 1160 g/mol. The van der Waals surface area contributed by atoms with Crippen LogP contribution >= 0.6 is 0 Å².